The number of carbonyl (C=O) groups excluding carboxylic acids is 2. The molecule has 0 saturated heterocycles. The molecule has 0 aliphatic rings. The molecule has 0 atom stereocenters. The Morgan fingerprint density at radius 3 is 2.39 bits per heavy atom. The Kier molecular flexibility index (Phi) is 6.12. The topological polar surface area (TPSA) is 95.9 Å². The lowest BCUT2D eigenvalue weighted by Gasteiger charge is -2.20. The minimum atomic E-state index is -1.08. The van der Waals surface area contributed by atoms with Crippen molar-refractivity contribution in [3.63, 3.8) is 0 Å². The highest BCUT2D eigenvalue weighted by Crippen LogP contribution is 2.19. The van der Waals surface area contributed by atoms with Gasteiger partial charge < -0.3 is 20.1 Å². The van der Waals surface area contributed by atoms with E-state index in [-0.39, 0.29) is 30.4 Å². The van der Waals surface area contributed by atoms with Crippen molar-refractivity contribution in [2.75, 3.05) is 27.2 Å². The molecule has 0 aromatic heterocycles. The van der Waals surface area contributed by atoms with Crippen molar-refractivity contribution >= 4 is 17.8 Å². The van der Waals surface area contributed by atoms with Crippen LogP contribution in [0.2, 0.25) is 0 Å². The third-order valence-electron chi connectivity index (χ3n) is 3.25. The van der Waals surface area contributed by atoms with Crippen LogP contribution in [0.1, 0.15) is 24.2 Å². The van der Waals surface area contributed by atoms with Crippen LogP contribution in [0.25, 0.3) is 0 Å². The molecular formula is C16H22N2O5. The number of nitrogens with zero attached hydrogens (tertiary/aromatic N) is 1. The van der Waals surface area contributed by atoms with Crippen molar-refractivity contribution in [1.29, 1.82) is 0 Å². The van der Waals surface area contributed by atoms with Crippen molar-refractivity contribution in [2.24, 2.45) is 5.41 Å². The van der Waals surface area contributed by atoms with E-state index in [0.717, 1.165) is 0 Å². The zero-order valence-electron chi connectivity index (χ0n) is 13.8. The predicted octanol–water partition coefficient (Wildman–Crippen LogP) is 0.994. The van der Waals surface area contributed by atoms with Gasteiger partial charge >= 0.3 is 5.97 Å². The van der Waals surface area contributed by atoms with Crippen LogP contribution in [-0.2, 0) is 9.59 Å². The predicted molar refractivity (Wildman–Crippen MR) is 84.4 cm³/mol. The summed E-state index contributed by atoms with van der Waals surface area (Å²) in [5.41, 5.74) is -0.827. The molecule has 23 heavy (non-hydrogen) atoms. The third-order valence-corrected chi connectivity index (χ3v) is 3.25. The lowest BCUT2D eigenvalue weighted by Crippen LogP contribution is -2.39. The van der Waals surface area contributed by atoms with Crippen molar-refractivity contribution in [3.8, 4) is 5.75 Å². The van der Waals surface area contributed by atoms with Gasteiger partial charge in [-0.3, -0.25) is 14.4 Å². The highest BCUT2D eigenvalue weighted by Gasteiger charge is 2.28. The number of likely N-dealkylation sites (N-methyl/N-ethyl adjacent to an activating group) is 1. The van der Waals surface area contributed by atoms with Crippen LogP contribution in [0.4, 0.5) is 0 Å². The van der Waals surface area contributed by atoms with Gasteiger partial charge in [0.1, 0.15) is 5.75 Å². The molecule has 0 aliphatic carbocycles. The molecule has 2 amide bonds. The Bertz CT molecular complexity index is 596. The number of carboxylic acids is 1. The molecule has 0 fully saturated rings. The molecule has 1 aromatic carbocycles. The minimum absolute atomic E-state index is 0.0217. The van der Waals surface area contributed by atoms with Crippen LogP contribution in [0, 0.1) is 5.41 Å². The number of hydrogen-bond acceptors (Lipinski definition) is 4. The van der Waals surface area contributed by atoms with E-state index in [9.17, 15) is 14.4 Å². The van der Waals surface area contributed by atoms with E-state index in [0.29, 0.717) is 0 Å². The molecule has 0 bridgehead atoms. The van der Waals surface area contributed by atoms with Gasteiger partial charge in [-0.15, -0.1) is 0 Å². The van der Waals surface area contributed by atoms with Crippen molar-refractivity contribution < 1.29 is 24.2 Å². The van der Waals surface area contributed by atoms with Gasteiger partial charge in [0.05, 0.1) is 11.0 Å². The van der Waals surface area contributed by atoms with Gasteiger partial charge in [-0.1, -0.05) is 12.1 Å². The molecule has 0 saturated carbocycles. The first-order valence-electron chi connectivity index (χ1n) is 7.08. The summed E-state index contributed by atoms with van der Waals surface area (Å²) < 4.78 is 5.39. The standard InChI is InChI=1S/C16H22N2O5/c1-16(2,15(21)22)10-17-14(20)11-7-5-6-8-12(11)23-9-13(19)18(3)4/h5-8H,9-10H2,1-4H3,(H,17,20)(H,21,22). The first-order chi connectivity index (χ1) is 10.6. The van der Waals surface area contributed by atoms with Gasteiger partial charge in [0, 0.05) is 20.6 Å². The van der Waals surface area contributed by atoms with E-state index in [1.54, 1.807) is 38.4 Å². The number of rotatable bonds is 7. The molecule has 1 aromatic rings. The average molecular weight is 322 g/mol. The van der Waals surface area contributed by atoms with E-state index < -0.39 is 17.3 Å². The van der Waals surface area contributed by atoms with Crippen molar-refractivity contribution in [1.82, 2.24) is 10.2 Å². The van der Waals surface area contributed by atoms with E-state index in [1.165, 1.54) is 18.7 Å². The van der Waals surface area contributed by atoms with Gasteiger partial charge in [-0.25, -0.2) is 0 Å². The normalized spacial score (nSPS) is 10.8. The summed E-state index contributed by atoms with van der Waals surface area (Å²) in [4.78, 5) is 36.2. The first-order valence-corrected chi connectivity index (χ1v) is 7.08. The molecule has 126 valence electrons. The summed E-state index contributed by atoms with van der Waals surface area (Å²) in [5, 5.41) is 11.6. The summed E-state index contributed by atoms with van der Waals surface area (Å²) in [6.45, 7) is 2.84. The number of aliphatic carboxylic acids is 1. The fraction of sp³-hybridized carbons (Fsp3) is 0.438. The molecule has 0 aliphatic heterocycles. The van der Waals surface area contributed by atoms with E-state index in [2.05, 4.69) is 5.32 Å². The Balaban J connectivity index is 2.78. The minimum Gasteiger partial charge on any atom is -0.483 e. The summed E-state index contributed by atoms with van der Waals surface area (Å²) in [6, 6.07) is 6.49. The SMILES string of the molecule is CN(C)C(=O)COc1ccccc1C(=O)NCC(C)(C)C(=O)O. The summed E-state index contributed by atoms with van der Waals surface area (Å²) >= 11 is 0. The van der Waals surface area contributed by atoms with Gasteiger partial charge in [-0.2, -0.15) is 0 Å². The maximum Gasteiger partial charge on any atom is 0.310 e. The molecule has 0 heterocycles. The summed E-state index contributed by atoms with van der Waals surface area (Å²) in [5.74, 6) is -1.41. The van der Waals surface area contributed by atoms with Crippen molar-refractivity contribution in [3.05, 3.63) is 29.8 Å². The Morgan fingerprint density at radius 2 is 1.83 bits per heavy atom. The number of nitrogens with one attached hydrogen (secondary N) is 1. The largest absolute Gasteiger partial charge is 0.483 e. The van der Waals surface area contributed by atoms with Crippen LogP contribution in [-0.4, -0.2) is 55.0 Å². The van der Waals surface area contributed by atoms with Crippen LogP contribution in [0.3, 0.4) is 0 Å². The number of carboxylic acid groups (broad SMARTS) is 1. The second-order valence-electron chi connectivity index (χ2n) is 5.94. The average Bonchev–Trinajstić information content (AvgIpc) is 2.50. The van der Waals surface area contributed by atoms with E-state index in [1.807, 2.05) is 0 Å². The Morgan fingerprint density at radius 1 is 1.22 bits per heavy atom. The molecule has 0 unspecified atom stereocenters. The van der Waals surface area contributed by atoms with Gasteiger partial charge in [0.15, 0.2) is 6.61 Å². The van der Waals surface area contributed by atoms with E-state index in [4.69, 9.17) is 9.84 Å². The maximum absolute atomic E-state index is 12.2. The number of hydrogen-bond donors (Lipinski definition) is 2. The molecule has 1 rings (SSSR count). The lowest BCUT2D eigenvalue weighted by atomic mass is 9.94. The van der Waals surface area contributed by atoms with Crippen molar-refractivity contribution in [2.45, 2.75) is 13.8 Å². The Hall–Kier alpha value is -2.57. The fourth-order valence-electron chi connectivity index (χ4n) is 1.52. The van der Waals surface area contributed by atoms with E-state index >= 15 is 0 Å². The molecule has 0 radical (unpaired) electrons. The molecular weight excluding hydrogens is 300 g/mol. The third kappa shape index (κ3) is 5.28. The summed E-state index contributed by atoms with van der Waals surface area (Å²) in [6.07, 6.45) is 0. The highest BCUT2D eigenvalue weighted by atomic mass is 16.5. The zero-order valence-corrected chi connectivity index (χ0v) is 13.8. The number of benzene rings is 1. The molecule has 7 nitrogen and oxygen atoms in total. The molecule has 0 spiro atoms. The molecule has 2 N–H and O–H groups in total. The summed E-state index contributed by atoms with van der Waals surface area (Å²) in [7, 11) is 3.22. The quantitative estimate of drug-likeness (QED) is 0.780. The first kappa shape index (κ1) is 18.5. The molecule has 7 heteroatoms. The van der Waals surface area contributed by atoms with Crippen LogP contribution < -0.4 is 10.1 Å². The van der Waals surface area contributed by atoms with Crippen LogP contribution >= 0.6 is 0 Å². The number of amides is 2. The number of para-hydroxylation sites is 1. The van der Waals surface area contributed by atoms with Gasteiger partial charge in [-0.05, 0) is 26.0 Å². The van der Waals surface area contributed by atoms with Crippen LogP contribution in [0.5, 0.6) is 5.75 Å². The maximum atomic E-state index is 12.2. The number of ether oxygens (including phenoxy) is 1. The van der Waals surface area contributed by atoms with Gasteiger partial charge in [0.2, 0.25) is 0 Å². The number of carbonyl (C=O) groups is 3. The van der Waals surface area contributed by atoms with Gasteiger partial charge in [0.25, 0.3) is 11.8 Å². The second-order valence-corrected chi connectivity index (χ2v) is 5.94. The Labute approximate surface area is 135 Å². The second kappa shape index (κ2) is 7.62. The smallest absolute Gasteiger partial charge is 0.310 e. The zero-order chi connectivity index (χ0) is 17.6. The monoisotopic (exact) mass is 322 g/mol. The fourth-order valence-corrected chi connectivity index (χ4v) is 1.52. The lowest BCUT2D eigenvalue weighted by molar-refractivity contribution is -0.146. The highest BCUT2D eigenvalue weighted by molar-refractivity contribution is 5.97. The van der Waals surface area contributed by atoms with Crippen LogP contribution in [0.15, 0.2) is 24.3 Å².